The summed E-state index contributed by atoms with van der Waals surface area (Å²) in [4.78, 5) is 12.1. The molecule has 1 N–H and O–H groups in total. The highest BCUT2D eigenvalue weighted by Gasteiger charge is 2.28. The SMILES string of the molecule is O=C(Cn1nc(C(F)F)c(Cl)c1C(F)F)Nc1cnn(COc2cccc(Cl)c2)c1. The summed E-state index contributed by atoms with van der Waals surface area (Å²) in [6, 6.07) is 6.70. The lowest BCUT2D eigenvalue weighted by Gasteiger charge is -2.07. The van der Waals surface area contributed by atoms with Crippen LogP contribution in [0.2, 0.25) is 10.0 Å². The smallest absolute Gasteiger partial charge is 0.283 e. The number of aromatic nitrogens is 4. The van der Waals surface area contributed by atoms with E-state index in [9.17, 15) is 22.4 Å². The van der Waals surface area contributed by atoms with E-state index in [0.29, 0.717) is 15.5 Å². The molecule has 0 fully saturated rings. The van der Waals surface area contributed by atoms with Gasteiger partial charge in [0.1, 0.15) is 23.7 Å². The van der Waals surface area contributed by atoms with E-state index in [4.69, 9.17) is 27.9 Å². The zero-order valence-corrected chi connectivity index (χ0v) is 16.4. The molecule has 160 valence electrons. The maximum Gasteiger partial charge on any atom is 0.283 e. The second-order valence-corrected chi connectivity index (χ2v) is 6.71. The normalized spacial score (nSPS) is 11.3. The highest BCUT2D eigenvalue weighted by atomic mass is 35.5. The van der Waals surface area contributed by atoms with Crippen LogP contribution in [0.3, 0.4) is 0 Å². The van der Waals surface area contributed by atoms with Crippen molar-refractivity contribution in [2.45, 2.75) is 26.1 Å². The monoisotopic (exact) mass is 465 g/mol. The molecule has 1 aromatic carbocycles. The standard InChI is InChI=1S/C17H13Cl2F4N5O2/c18-9-2-1-3-11(4-9)30-8-27-6-10(5-24-27)25-12(29)7-28-15(17(22)23)13(19)14(26-28)16(20)21/h1-6,16-17H,7-8H2,(H,25,29). The van der Waals surface area contributed by atoms with E-state index < -0.39 is 41.7 Å². The molecule has 0 spiro atoms. The first kappa shape index (κ1) is 21.9. The number of hydrogen-bond donors (Lipinski definition) is 1. The van der Waals surface area contributed by atoms with Crippen LogP contribution in [0, 0.1) is 0 Å². The molecule has 3 aromatic rings. The molecule has 0 unspecified atom stereocenters. The van der Waals surface area contributed by atoms with Gasteiger partial charge in [-0.1, -0.05) is 29.3 Å². The van der Waals surface area contributed by atoms with Crippen molar-refractivity contribution in [3.63, 3.8) is 0 Å². The van der Waals surface area contributed by atoms with Gasteiger partial charge in [-0.3, -0.25) is 9.48 Å². The molecule has 0 aliphatic heterocycles. The van der Waals surface area contributed by atoms with Gasteiger partial charge in [-0.2, -0.15) is 10.2 Å². The van der Waals surface area contributed by atoms with E-state index in [1.54, 1.807) is 24.3 Å². The number of nitrogens with zero attached hydrogens (tertiary/aromatic N) is 4. The lowest BCUT2D eigenvalue weighted by Crippen LogP contribution is -2.21. The van der Waals surface area contributed by atoms with Gasteiger partial charge in [-0.05, 0) is 18.2 Å². The van der Waals surface area contributed by atoms with Crippen LogP contribution in [-0.2, 0) is 18.1 Å². The topological polar surface area (TPSA) is 74.0 Å². The molecule has 2 heterocycles. The van der Waals surface area contributed by atoms with Gasteiger partial charge in [0.2, 0.25) is 5.91 Å². The van der Waals surface area contributed by atoms with Gasteiger partial charge in [0.05, 0.1) is 23.1 Å². The lowest BCUT2D eigenvalue weighted by molar-refractivity contribution is -0.117. The number of carbonyl (C=O) groups excluding carboxylic acids is 1. The number of hydrogen-bond acceptors (Lipinski definition) is 4. The van der Waals surface area contributed by atoms with Gasteiger partial charge in [0.15, 0.2) is 6.73 Å². The molecule has 0 aliphatic carbocycles. The van der Waals surface area contributed by atoms with Crippen molar-refractivity contribution in [3.8, 4) is 5.75 Å². The molecule has 0 saturated carbocycles. The van der Waals surface area contributed by atoms with Crippen molar-refractivity contribution in [1.82, 2.24) is 19.6 Å². The van der Waals surface area contributed by atoms with E-state index in [-0.39, 0.29) is 12.4 Å². The van der Waals surface area contributed by atoms with Crippen molar-refractivity contribution >= 4 is 34.8 Å². The van der Waals surface area contributed by atoms with Crippen LogP contribution in [0.1, 0.15) is 24.2 Å². The molecule has 13 heteroatoms. The molecule has 7 nitrogen and oxygen atoms in total. The average molecular weight is 466 g/mol. The van der Waals surface area contributed by atoms with Gasteiger partial charge in [0.25, 0.3) is 12.9 Å². The van der Waals surface area contributed by atoms with Crippen LogP contribution in [0.25, 0.3) is 0 Å². The van der Waals surface area contributed by atoms with Crippen LogP contribution >= 0.6 is 23.2 Å². The maximum absolute atomic E-state index is 13.1. The molecule has 1 amide bonds. The molecule has 0 saturated heterocycles. The fraction of sp³-hybridized carbons (Fsp3) is 0.235. The Hall–Kier alpha value is -2.79. The molecule has 0 atom stereocenters. The van der Waals surface area contributed by atoms with Crippen molar-refractivity contribution < 1.29 is 27.1 Å². The number of carbonyl (C=O) groups is 1. The van der Waals surface area contributed by atoms with E-state index in [0.717, 1.165) is 0 Å². The Labute approximate surface area is 177 Å². The minimum Gasteiger partial charge on any atom is -0.471 e. The number of rotatable bonds is 8. The highest BCUT2D eigenvalue weighted by molar-refractivity contribution is 6.32. The van der Waals surface area contributed by atoms with E-state index in [1.165, 1.54) is 17.1 Å². The fourth-order valence-electron chi connectivity index (χ4n) is 2.47. The minimum absolute atomic E-state index is 0.0122. The maximum atomic E-state index is 13.1. The second-order valence-electron chi connectivity index (χ2n) is 5.89. The van der Waals surface area contributed by atoms with Crippen LogP contribution in [0.5, 0.6) is 5.75 Å². The Morgan fingerprint density at radius 2 is 1.97 bits per heavy atom. The Balaban J connectivity index is 1.63. The summed E-state index contributed by atoms with van der Waals surface area (Å²) in [6.45, 7) is -0.728. The molecular weight excluding hydrogens is 453 g/mol. The molecule has 2 aromatic heterocycles. The van der Waals surface area contributed by atoms with Crippen LogP contribution in [0.15, 0.2) is 36.7 Å². The molecule has 30 heavy (non-hydrogen) atoms. The summed E-state index contributed by atoms with van der Waals surface area (Å²) in [5.74, 6) is -0.277. The summed E-state index contributed by atoms with van der Waals surface area (Å²) in [5.41, 5.74) is -1.72. The molecular formula is C17H13Cl2F4N5O2. The number of halogens is 6. The third-order valence-electron chi connectivity index (χ3n) is 3.74. The lowest BCUT2D eigenvalue weighted by atomic mass is 10.3. The predicted molar refractivity (Wildman–Crippen MR) is 100 cm³/mol. The van der Waals surface area contributed by atoms with Crippen molar-refractivity contribution in [2.24, 2.45) is 0 Å². The number of benzene rings is 1. The van der Waals surface area contributed by atoms with Crippen LogP contribution < -0.4 is 10.1 Å². The van der Waals surface area contributed by atoms with Gasteiger partial charge in [-0.15, -0.1) is 0 Å². The Morgan fingerprint density at radius 3 is 2.63 bits per heavy atom. The average Bonchev–Trinajstić information content (AvgIpc) is 3.24. The molecule has 0 bridgehead atoms. The first-order chi connectivity index (χ1) is 14.2. The Kier molecular flexibility index (Phi) is 6.83. The van der Waals surface area contributed by atoms with Crippen LogP contribution in [0.4, 0.5) is 23.2 Å². The summed E-state index contributed by atoms with van der Waals surface area (Å²) in [5, 5.41) is 9.35. The number of amides is 1. The summed E-state index contributed by atoms with van der Waals surface area (Å²) >= 11 is 11.4. The summed E-state index contributed by atoms with van der Waals surface area (Å²) in [6.07, 6.45) is -3.61. The third-order valence-corrected chi connectivity index (χ3v) is 4.36. The molecule has 3 rings (SSSR count). The van der Waals surface area contributed by atoms with Crippen molar-refractivity contribution in [2.75, 3.05) is 5.32 Å². The predicted octanol–water partition coefficient (Wildman–Crippen LogP) is 4.94. The summed E-state index contributed by atoms with van der Waals surface area (Å²) in [7, 11) is 0. The zero-order chi connectivity index (χ0) is 21.8. The first-order valence-corrected chi connectivity index (χ1v) is 9.03. The highest BCUT2D eigenvalue weighted by Crippen LogP contribution is 2.34. The largest absolute Gasteiger partial charge is 0.471 e. The van der Waals surface area contributed by atoms with Gasteiger partial charge in [-0.25, -0.2) is 22.2 Å². The van der Waals surface area contributed by atoms with Gasteiger partial charge < -0.3 is 10.1 Å². The number of nitrogens with one attached hydrogen (secondary N) is 1. The summed E-state index contributed by atoms with van der Waals surface area (Å²) < 4.78 is 59.3. The van der Waals surface area contributed by atoms with Crippen LogP contribution in [-0.4, -0.2) is 25.5 Å². The van der Waals surface area contributed by atoms with Gasteiger partial charge >= 0.3 is 0 Å². The number of ether oxygens (including phenoxy) is 1. The fourth-order valence-corrected chi connectivity index (χ4v) is 2.95. The van der Waals surface area contributed by atoms with E-state index in [1.807, 2.05) is 0 Å². The number of anilines is 1. The minimum atomic E-state index is -3.18. The zero-order valence-electron chi connectivity index (χ0n) is 14.9. The molecule has 0 radical (unpaired) electrons. The first-order valence-electron chi connectivity index (χ1n) is 8.27. The van der Waals surface area contributed by atoms with Crippen molar-refractivity contribution in [3.05, 3.63) is 58.1 Å². The third kappa shape index (κ3) is 5.22. The van der Waals surface area contributed by atoms with Crippen molar-refractivity contribution in [1.29, 1.82) is 0 Å². The Bertz CT molecular complexity index is 1040. The van der Waals surface area contributed by atoms with E-state index >= 15 is 0 Å². The van der Waals surface area contributed by atoms with Gasteiger partial charge in [0, 0.05) is 5.02 Å². The Morgan fingerprint density at radius 1 is 1.20 bits per heavy atom. The second kappa shape index (κ2) is 9.35. The van der Waals surface area contributed by atoms with E-state index in [2.05, 4.69) is 15.5 Å². The molecule has 0 aliphatic rings. The quantitative estimate of drug-likeness (QED) is 0.478. The number of alkyl halides is 4.